The van der Waals surface area contributed by atoms with Gasteiger partial charge in [-0.1, -0.05) is 6.07 Å². The maximum absolute atomic E-state index is 13.4. The predicted octanol–water partition coefficient (Wildman–Crippen LogP) is 1.79. The molecule has 86 valence electrons. The zero-order valence-electron chi connectivity index (χ0n) is 8.95. The quantitative estimate of drug-likeness (QED) is 0.737. The van der Waals surface area contributed by atoms with Crippen molar-refractivity contribution in [1.29, 1.82) is 0 Å². The number of hydrogen-bond acceptors (Lipinski definition) is 4. The van der Waals surface area contributed by atoms with Crippen LogP contribution in [0.2, 0.25) is 0 Å². The van der Waals surface area contributed by atoms with E-state index in [1.54, 1.807) is 6.92 Å². The second-order valence-electron chi connectivity index (χ2n) is 2.87. The zero-order chi connectivity index (χ0) is 12.1. The lowest BCUT2D eigenvalue weighted by Crippen LogP contribution is -2.15. The van der Waals surface area contributed by atoms with Gasteiger partial charge in [-0.25, -0.2) is 14.0 Å². The maximum Gasteiger partial charge on any atom is 0.342 e. The van der Waals surface area contributed by atoms with Crippen LogP contribution in [0.1, 0.15) is 27.6 Å². The lowest BCUT2D eigenvalue weighted by Gasteiger charge is -2.07. The molecule has 0 unspecified atom stereocenters. The number of benzene rings is 1. The standard InChI is InChI=1S/C11H11FO4/c1-3-16-11(14)9-7(10(13)15-2)5-4-6-8(9)12/h4-6H,3H2,1-2H3. The van der Waals surface area contributed by atoms with Gasteiger partial charge in [-0.2, -0.15) is 0 Å². The van der Waals surface area contributed by atoms with Crippen LogP contribution in [0, 0.1) is 5.82 Å². The summed E-state index contributed by atoms with van der Waals surface area (Å²) in [6.07, 6.45) is 0. The number of carbonyl (C=O) groups excluding carboxylic acids is 2. The highest BCUT2D eigenvalue weighted by molar-refractivity contribution is 6.03. The molecule has 0 fully saturated rings. The molecular formula is C11H11FO4. The Morgan fingerprint density at radius 3 is 2.56 bits per heavy atom. The Kier molecular flexibility index (Phi) is 3.99. The molecule has 0 bridgehead atoms. The minimum absolute atomic E-state index is 0.105. The molecule has 1 aromatic rings. The van der Waals surface area contributed by atoms with E-state index in [0.717, 1.165) is 13.2 Å². The van der Waals surface area contributed by atoms with E-state index in [0.29, 0.717) is 0 Å². The number of ether oxygens (including phenoxy) is 2. The molecule has 0 heterocycles. The molecule has 1 rings (SSSR count). The van der Waals surface area contributed by atoms with Crippen molar-refractivity contribution in [3.8, 4) is 0 Å². The summed E-state index contributed by atoms with van der Waals surface area (Å²) in [6, 6.07) is 3.71. The number of esters is 2. The second kappa shape index (κ2) is 5.25. The molecule has 5 heteroatoms. The van der Waals surface area contributed by atoms with Gasteiger partial charge in [0.25, 0.3) is 0 Å². The highest BCUT2D eigenvalue weighted by atomic mass is 19.1. The lowest BCUT2D eigenvalue weighted by atomic mass is 10.1. The van der Waals surface area contributed by atoms with Crippen LogP contribution in [0.3, 0.4) is 0 Å². The molecule has 0 aliphatic heterocycles. The normalized spacial score (nSPS) is 9.69. The van der Waals surface area contributed by atoms with Crippen molar-refractivity contribution in [2.24, 2.45) is 0 Å². The van der Waals surface area contributed by atoms with Gasteiger partial charge in [-0.15, -0.1) is 0 Å². The minimum atomic E-state index is -0.874. The van der Waals surface area contributed by atoms with Crippen LogP contribution in [0.4, 0.5) is 4.39 Å². The summed E-state index contributed by atoms with van der Waals surface area (Å²) in [6.45, 7) is 1.70. The van der Waals surface area contributed by atoms with Crippen LogP contribution < -0.4 is 0 Å². The summed E-state index contributed by atoms with van der Waals surface area (Å²) in [5, 5.41) is 0. The summed E-state index contributed by atoms with van der Waals surface area (Å²) in [7, 11) is 1.15. The average molecular weight is 226 g/mol. The Labute approximate surface area is 92.0 Å². The fourth-order valence-electron chi connectivity index (χ4n) is 1.21. The van der Waals surface area contributed by atoms with Crippen LogP contribution in [0.25, 0.3) is 0 Å². The first-order valence-corrected chi connectivity index (χ1v) is 4.65. The minimum Gasteiger partial charge on any atom is -0.465 e. The van der Waals surface area contributed by atoms with Crippen LogP contribution in [-0.2, 0) is 9.47 Å². The van der Waals surface area contributed by atoms with E-state index in [-0.39, 0.29) is 12.2 Å². The molecule has 0 spiro atoms. The SMILES string of the molecule is CCOC(=O)c1c(F)cccc1C(=O)OC. The molecular weight excluding hydrogens is 215 g/mol. The van der Waals surface area contributed by atoms with Crippen LogP contribution in [0.5, 0.6) is 0 Å². The molecule has 0 N–H and O–H groups in total. The monoisotopic (exact) mass is 226 g/mol. The molecule has 0 aromatic heterocycles. The summed E-state index contributed by atoms with van der Waals surface area (Å²) in [5.41, 5.74) is -0.530. The zero-order valence-corrected chi connectivity index (χ0v) is 8.95. The number of hydrogen-bond donors (Lipinski definition) is 0. The Balaban J connectivity index is 3.23. The number of rotatable bonds is 3. The highest BCUT2D eigenvalue weighted by Gasteiger charge is 2.22. The van der Waals surface area contributed by atoms with Crippen LogP contribution in [0.15, 0.2) is 18.2 Å². The number of carbonyl (C=O) groups is 2. The molecule has 16 heavy (non-hydrogen) atoms. The van der Waals surface area contributed by atoms with Gasteiger partial charge in [0.1, 0.15) is 11.4 Å². The molecule has 0 saturated heterocycles. The number of halogens is 1. The van der Waals surface area contributed by atoms with Gasteiger partial charge in [0, 0.05) is 0 Å². The van der Waals surface area contributed by atoms with Crippen molar-refractivity contribution < 1.29 is 23.5 Å². The van der Waals surface area contributed by atoms with E-state index in [1.807, 2.05) is 0 Å². The molecule has 1 aromatic carbocycles. The maximum atomic E-state index is 13.4. The van der Waals surface area contributed by atoms with Crippen molar-refractivity contribution in [2.45, 2.75) is 6.92 Å². The molecule has 0 aliphatic rings. The molecule has 0 saturated carbocycles. The van der Waals surface area contributed by atoms with Crippen LogP contribution in [-0.4, -0.2) is 25.7 Å². The van der Waals surface area contributed by atoms with E-state index in [1.165, 1.54) is 12.1 Å². The number of methoxy groups -OCH3 is 1. The van der Waals surface area contributed by atoms with Gasteiger partial charge in [-0.3, -0.25) is 0 Å². The highest BCUT2D eigenvalue weighted by Crippen LogP contribution is 2.16. The first-order chi connectivity index (χ1) is 7.61. The first kappa shape index (κ1) is 12.2. The Hall–Kier alpha value is -1.91. The summed E-state index contributed by atoms with van der Waals surface area (Å²) < 4.78 is 22.5. The fraction of sp³-hybridized carbons (Fsp3) is 0.273. The van der Waals surface area contributed by atoms with E-state index in [2.05, 4.69) is 9.47 Å². The molecule has 0 radical (unpaired) electrons. The van der Waals surface area contributed by atoms with E-state index >= 15 is 0 Å². The largest absolute Gasteiger partial charge is 0.465 e. The van der Waals surface area contributed by atoms with Crippen molar-refractivity contribution in [3.05, 3.63) is 35.1 Å². The fourth-order valence-corrected chi connectivity index (χ4v) is 1.21. The van der Waals surface area contributed by atoms with E-state index in [4.69, 9.17) is 0 Å². The van der Waals surface area contributed by atoms with Crippen molar-refractivity contribution in [1.82, 2.24) is 0 Å². The van der Waals surface area contributed by atoms with Crippen molar-refractivity contribution in [2.75, 3.05) is 13.7 Å². The molecule has 0 atom stereocenters. The summed E-state index contributed by atoms with van der Waals surface area (Å²) in [5.74, 6) is -2.45. The Morgan fingerprint density at radius 1 is 1.31 bits per heavy atom. The van der Waals surface area contributed by atoms with E-state index < -0.39 is 23.3 Å². The lowest BCUT2D eigenvalue weighted by molar-refractivity contribution is 0.0498. The average Bonchev–Trinajstić information content (AvgIpc) is 2.27. The third-order valence-electron chi connectivity index (χ3n) is 1.90. The van der Waals surface area contributed by atoms with Gasteiger partial charge in [0.05, 0.1) is 19.3 Å². The molecule has 0 amide bonds. The van der Waals surface area contributed by atoms with Gasteiger partial charge in [-0.05, 0) is 19.1 Å². The van der Waals surface area contributed by atoms with Crippen molar-refractivity contribution in [3.63, 3.8) is 0 Å². The third-order valence-corrected chi connectivity index (χ3v) is 1.90. The van der Waals surface area contributed by atoms with Gasteiger partial charge >= 0.3 is 11.9 Å². The Bertz CT molecular complexity index is 414. The second-order valence-corrected chi connectivity index (χ2v) is 2.87. The van der Waals surface area contributed by atoms with Crippen molar-refractivity contribution >= 4 is 11.9 Å². The van der Waals surface area contributed by atoms with Gasteiger partial charge in [0.15, 0.2) is 0 Å². The summed E-state index contributed by atoms with van der Waals surface area (Å²) >= 11 is 0. The first-order valence-electron chi connectivity index (χ1n) is 4.65. The topological polar surface area (TPSA) is 52.6 Å². The summed E-state index contributed by atoms with van der Waals surface area (Å²) in [4.78, 5) is 22.7. The predicted molar refractivity (Wildman–Crippen MR) is 53.7 cm³/mol. The Morgan fingerprint density at radius 2 is 2.00 bits per heavy atom. The van der Waals surface area contributed by atoms with Gasteiger partial charge in [0.2, 0.25) is 0 Å². The van der Waals surface area contributed by atoms with E-state index in [9.17, 15) is 14.0 Å². The molecule has 0 aliphatic carbocycles. The smallest absolute Gasteiger partial charge is 0.342 e. The molecule has 4 nitrogen and oxygen atoms in total. The van der Waals surface area contributed by atoms with Gasteiger partial charge < -0.3 is 9.47 Å². The van der Waals surface area contributed by atoms with Crippen LogP contribution >= 0.6 is 0 Å². The third kappa shape index (κ3) is 2.36.